The number of sulfonamides is 1. The first kappa shape index (κ1) is 24.8. The molecule has 1 N–H and O–H groups in total. The molecule has 0 aliphatic carbocycles. The molecular formula is C23H21Cl2FN2O4S. The van der Waals surface area contributed by atoms with Crippen molar-refractivity contribution in [2.75, 3.05) is 17.7 Å². The van der Waals surface area contributed by atoms with Crippen LogP contribution in [0.25, 0.3) is 0 Å². The fourth-order valence-corrected chi connectivity index (χ4v) is 4.50. The first-order chi connectivity index (χ1) is 15.6. The lowest BCUT2D eigenvalue weighted by Gasteiger charge is -2.24. The van der Waals surface area contributed by atoms with Crippen LogP contribution in [0, 0.1) is 5.82 Å². The minimum Gasteiger partial charge on any atom is -0.496 e. The van der Waals surface area contributed by atoms with Gasteiger partial charge >= 0.3 is 0 Å². The van der Waals surface area contributed by atoms with E-state index >= 15 is 0 Å². The fourth-order valence-electron chi connectivity index (χ4n) is 3.15. The zero-order valence-electron chi connectivity index (χ0n) is 17.8. The molecule has 10 heteroatoms. The normalized spacial score (nSPS) is 11.2. The molecule has 0 bridgehead atoms. The van der Waals surface area contributed by atoms with E-state index in [1.807, 2.05) is 0 Å². The lowest BCUT2D eigenvalue weighted by atomic mass is 10.1. The monoisotopic (exact) mass is 510 g/mol. The molecule has 0 aromatic heterocycles. The van der Waals surface area contributed by atoms with E-state index in [1.165, 1.54) is 31.4 Å². The number of rotatable bonds is 8. The molecule has 3 aromatic carbocycles. The Morgan fingerprint density at radius 3 is 2.33 bits per heavy atom. The van der Waals surface area contributed by atoms with E-state index in [-0.39, 0.29) is 24.7 Å². The Labute approximate surface area is 201 Å². The number of nitrogens with zero attached hydrogens (tertiary/aromatic N) is 1. The average molecular weight is 511 g/mol. The molecule has 0 atom stereocenters. The molecule has 0 heterocycles. The molecule has 0 unspecified atom stereocenters. The zero-order chi connectivity index (χ0) is 24.2. The van der Waals surface area contributed by atoms with E-state index < -0.39 is 15.8 Å². The van der Waals surface area contributed by atoms with Gasteiger partial charge in [0.1, 0.15) is 11.6 Å². The van der Waals surface area contributed by atoms with Crippen LogP contribution in [0.1, 0.15) is 21.5 Å². The maximum atomic E-state index is 13.3. The van der Waals surface area contributed by atoms with Crippen molar-refractivity contribution < 1.29 is 22.3 Å². The van der Waals surface area contributed by atoms with Gasteiger partial charge in [0.15, 0.2) is 0 Å². The lowest BCUT2D eigenvalue weighted by Crippen LogP contribution is -2.30. The summed E-state index contributed by atoms with van der Waals surface area (Å²) in [7, 11) is -2.26. The van der Waals surface area contributed by atoms with Crippen molar-refractivity contribution >= 4 is 44.8 Å². The van der Waals surface area contributed by atoms with Crippen LogP contribution in [0.15, 0.2) is 60.7 Å². The molecule has 3 aromatic rings. The smallest absolute Gasteiger partial charge is 0.251 e. The van der Waals surface area contributed by atoms with E-state index in [0.29, 0.717) is 32.5 Å². The Morgan fingerprint density at radius 1 is 1.03 bits per heavy atom. The summed E-state index contributed by atoms with van der Waals surface area (Å²) in [5.74, 6) is -0.454. The summed E-state index contributed by atoms with van der Waals surface area (Å²) in [4.78, 5) is 12.7. The Bertz CT molecular complexity index is 1270. The summed E-state index contributed by atoms with van der Waals surface area (Å²) in [6, 6.07) is 14.8. The summed E-state index contributed by atoms with van der Waals surface area (Å²) < 4.78 is 44.7. The molecular weight excluding hydrogens is 490 g/mol. The molecule has 33 heavy (non-hydrogen) atoms. The highest BCUT2D eigenvalue weighted by atomic mass is 35.5. The van der Waals surface area contributed by atoms with Crippen LogP contribution in [-0.2, 0) is 23.1 Å². The first-order valence-electron chi connectivity index (χ1n) is 9.71. The molecule has 1 amide bonds. The van der Waals surface area contributed by atoms with Crippen molar-refractivity contribution in [1.82, 2.24) is 5.32 Å². The number of carbonyl (C=O) groups is 1. The van der Waals surface area contributed by atoms with Gasteiger partial charge in [0.05, 0.1) is 25.6 Å². The number of nitrogens with one attached hydrogen (secondary N) is 1. The SMILES string of the molecule is COc1ccc(C(=O)NCc2ccc(Cl)cc2Cl)cc1CN(c1ccc(F)cc1)S(C)(=O)=O. The molecule has 6 nitrogen and oxygen atoms in total. The highest BCUT2D eigenvalue weighted by molar-refractivity contribution is 7.92. The van der Waals surface area contributed by atoms with Crippen LogP contribution in [0.2, 0.25) is 10.0 Å². The molecule has 0 aliphatic rings. The van der Waals surface area contributed by atoms with Crippen molar-refractivity contribution in [3.05, 3.63) is 93.2 Å². The maximum absolute atomic E-state index is 13.3. The van der Waals surface area contributed by atoms with Crippen LogP contribution in [0.3, 0.4) is 0 Å². The van der Waals surface area contributed by atoms with Gasteiger partial charge in [-0.25, -0.2) is 12.8 Å². The van der Waals surface area contributed by atoms with E-state index in [0.717, 1.165) is 10.6 Å². The number of hydrogen-bond donors (Lipinski definition) is 1. The number of methoxy groups -OCH3 is 1. The standard InChI is InChI=1S/C23H21Cl2FN2O4S/c1-32-22-10-4-15(23(29)27-13-16-3-5-18(24)12-21(16)25)11-17(22)14-28(33(2,30)31)20-8-6-19(26)7-9-20/h3-12H,13-14H2,1-2H3,(H,27,29). The number of anilines is 1. The second kappa shape index (κ2) is 10.4. The summed E-state index contributed by atoms with van der Waals surface area (Å²) in [6.45, 7) is 0.0685. The summed E-state index contributed by atoms with van der Waals surface area (Å²) in [5, 5.41) is 3.70. The highest BCUT2D eigenvalue weighted by Crippen LogP contribution is 2.27. The number of benzene rings is 3. The Balaban J connectivity index is 1.86. The third-order valence-corrected chi connectivity index (χ3v) is 6.55. The van der Waals surface area contributed by atoms with Crippen LogP contribution < -0.4 is 14.4 Å². The molecule has 0 saturated heterocycles. The molecule has 0 saturated carbocycles. The van der Waals surface area contributed by atoms with Gasteiger partial charge < -0.3 is 10.1 Å². The topological polar surface area (TPSA) is 75.7 Å². The summed E-state index contributed by atoms with van der Waals surface area (Å²) >= 11 is 12.1. The van der Waals surface area contributed by atoms with Crippen molar-refractivity contribution in [2.24, 2.45) is 0 Å². The maximum Gasteiger partial charge on any atom is 0.251 e. The quantitative estimate of drug-likeness (QED) is 0.460. The Kier molecular flexibility index (Phi) is 7.84. The van der Waals surface area contributed by atoms with E-state index in [4.69, 9.17) is 27.9 Å². The van der Waals surface area contributed by atoms with Gasteiger partial charge in [-0.1, -0.05) is 29.3 Å². The highest BCUT2D eigenvalue weighted by Gasteiger charge is 2.21. The van der Waals surface area contributed by atoms with Gasteiger partial charge in [-0.05, 0) is 60.2 Å². The van der Waals surface area contributed by atoms with Gasteiger partial charge in [-0.2, -0.15) is 0 Å². The lowest BCUT2D eigenvalue weighted by molar-refractivity contribution is 0.0951. The fraction of sp³-hybridized carbons (Fsp3) is 0.174. The van der Waals surface area contributed by atoms with Crippen LogP contribution in [0.5, 0.6) is 5.75 Å². The minimum absolute atomic E-state index is 0.113. The number of hydrogen-bond acceptors (Lipinski definition) is 4. The third kappa shape index (κ3) is 6.37. The zero-order valence-corrected chi connectivity index (χ0v) is 20.1. The van der Waals surface area contributed by atoms with Crippen molar-refractivity contribution in [2.45, 2.75) is 13.1 Å². The largest absolute Gasteiger partial charge is 0.496 e. The minimum atomic E-state index is -3.71. The van der Waals surface area contributed by atoms with Crippen LogP contribution >= 0.6 is 23.2 Å². The van der Waals surface area contributed by atoms with Gasteiger partial charge in [-0.3, -0.25) is 9.10 Å². The van der Waals surface area contributed by atoms with Crippen molar-refractivity contribution in [1.29, 1.82) is 0 Å². The third-order valence-electron chi connectivity index (χ3n) is 4.83. The van der Waals surface area contributed by atoms with E-state index in [2.05, 4.69) is 5.32 Å². The predicted octanol–water partition coefficient (Wildman–Crippen LogP) is 5.04. The van der Waals surface area contributed by atoms with E-state index in [9.17, 15) is 17.6 Å². The average Bonchev–Trinajstić information content (AvgIpc) is 2.76. The number of carbonyl (C=O) groups excluding carboxylic acids is 1. The van der Waals surface area contributed by atoms with E-state index in [1.54, 1.807) is 36.4 Å². The Morgan fingerprint density at radius 2 is 1.73 bits per heavy atom. The van der Waals surface area contributed by atoms with Gasteiger partial charge in [0.25, 0.3) is 5.91 Å². The van der Waals surface area contributed by atoms with Crippen molar-refractivity contribution in [3.8, 4) is 5.75 Å². The molecule has 3 rings (SSSR count). The summed E-state index contributed by atoms with van der Waals surface area (Å²) in [6.07, 6.45) is 1.05. The van der Waals surface area contributed by atoms with Gasteiger partial charge in [-0.15, -0.1) is 0 Å². The van der Waals surface area contributed by atoms with Crippen LogP contribution in [0.4, 0.5) is 10.1 Å². The molecule has 0 fully saturated rings. The predicted molar refractivity (Wildman–Crippen MR) is 128 cm³/mol. The van der Waals surface area contributed by atoms with Gasteiger partial charge in [0, 0.05) is 27.7 Å². The number of ether oxygens (including phenoxy) is 1. The molecule has 0 spiro atoms. The second-order valence-electron chi connectivity index (χ2n) is 7.19. The molecule has 0 aliphatic heterocycles. The molecule has 174 valence electrons. The Hall–Kier alpha value is -2.81. The number of amides is 1. The molecule has 0 radical (unpaired) electrons. The van der Waals surface area contributed by atoms with Crippen LogP contribution in [-0.4, -0.2) is 27.7 Å². The second-order valence-corrected chi connectivity index (χ2v) is 9.94. The van der Waals surface area contributed by atoms with Gasteiger partial charge in [0.2, 0.25) is 10.0 Å². The van der Waals surface area contributed by atoms with Crippen molar-refractivity contribution in [3.63, 3.8) is 0 Å². The first-order valence-corrected chi connectivity index (χ1v) is 12.3. The number of halogens is 3. The summed E-state index contributed by atoms with van der Waals surface area (Å²) in [5.41, 5.74) is 1.75.